The summed E-state index contributed by atoms with van der Waals surface area (Å²) in [4.78, 5) is 14.0. The van der Waals surface area contributed by atoms with Crippen molar-refractivity contribution in [1.82, 2.24) is 4.90 Å². The van der Waals surface area contributed by atoms with Crippen LogP contribution in [-0.2, 0) is 0 Å². The van der Waals surface area contributed by atoms with E-state index in [9.17, 15) is 4.79 Å². The van der Waals surface area contributed by atoms with Crippen LogP contribution in [0.25, 0.3) is 0 Å². The third-order valence-corrected chi connectivity index (χ3v) is 4.34. The van der Waals surface area contributed by atoms with Gasteiger partial charge in [-0.25, -0.2) is 0 Å². The minimum atomic E-state index is 0.0418. The topological polar surface area (TPSA) is 55.6 Å². The SMILES string of the molecule is CC(=O)c1ccccc1OCCN1CC(CN)CCC1C. The highest BCUT2D eigenvalue weighted by Crippen LogP contribution is 2.22. The van der Waals surface area contributed by atoms with Gasteiger partial charge in [0.1, 0.15) is 12.4 Å². The molecular formula is C17H26N2O2. The zero-order chi connectivity index (χ0) is 15.2. The maximum absolute atomic E-state index is 11.6. The van der Waals surface area contributed by atoms with E-state index in [0.717, 1.165) is 19.6 Å². The molecule has 2 N–H and O–H groups in total. The third kappa shape index (κ3) is 4.29. The number of nitrogens with zero attached hydrogens (tertiary/aromatic N) is 1. The fourth-order valence-corrected chi connectivity index (χ4v) is 2.92. The van der Waals surface area contributed by atoms with Crippen LogP contribution in [0.1, 0.15) is 37.0 Å². The number of likely N-dealkylation sites (tertiary alicyclic amines) is 1. The largest absolute Gasteiger partial charge is 0.491 e. The van der Waals surface area contributed by atoms with Gasteiger partial charge < -0.3 is 10.5 Å². The summed E-state index contributed by atoms with van der Waals surface area (Å²) < 4.78 is 5.82. The van der Waals surface area contributed by atoms with E-state index in [0.29, 0.717) is 29.9 Å². The highest BCUT2D eigenvalue weighted by molar-refractivity contribution is 5.96. The fraction of sp³-hybridized carbons (Fsp3) is 0.588. The third-order valence-electron chi connectivity index (χ3n) is 4.34. The molecule has 0 bridgehead atoms. The van der Waals surface area contributed by atoms with Gasteiger partial charge >= 0.3 is 0 Å². The van der Waals surface area contributed by atoms with Crippen LogP contribution in [0.5, 0.6) is 5.75 Å². The van der Waals surface area contributed by atoms with E-state index in [4.69, 9.17) is 10.5 Å². The lowest BCUT2D eigenvalue weighted by atomic mass is 9.94. The van der Waals surface area contributed by atoms with Crippen LogP contribution in [0.4, 0.5) is 0 Å². The van der Waals surface area contributed by atoms with Crippen LogP contribution in [0.2, 0.25) is 0 Å². The van der Waals surface area contributed by atoms with E-state index < -0.39 is 0 Å². The number of rotatable bonds is 6. The molecule has 4 heteroatoms. The Balaban J connectivity index is 1.88. The number of ether oxygens (including phenoxy) is 1. The number of hydrogen-bond donors (Lipinski definition) is 1. The summed E-state index contributed by atoms with van der Waals surface area (Å²) in [6.07, 6.45) is 2.42. The van der Waals surface area contributed by atoms with Crippen LogP contribution in [0, 0.1) is 5.92 Å². The molecule has 1 aromatic rings. The van der Waals surface area contributed by atoms with Gasteiger partial charge in [-0.3, -0.25) is 9.69 Å². The average molecular weight is 290 g/mol. The Morgan fingerprint density at radius 1 is 1.38 bits per heavy atom. The van der Waals surface area contributed by atoms with Crippen LogP contribution in [0.15, 0.2) is 24.3 Å². The fourth-order valence-electron chi connectivity index (χ4n) is 2.92. The highest BCUT2D eigenvalue weighted by atomic mass is 16.5. The predicted molar refractivity (Wildman–Crippen MR) is 84.8 cm³/mol. The molecule has 0 spiro atoms. The molecule has 0 aromatic heterocycles. The molecule has 0 radical (unpaired) electrons. The van der Waals surface area contributed by atoms with E-state index >= 15 is 0 Å². The van der Waals surface area contributed by atoms with Gasteiger partial charge in [0.25, 0.3) is 0 Å². The first-order valence-electron chi connectivity index (χ1n) is 7.78. The number of hydrogen-bond acceptors (Lipinski definition) is 4. The van der Waals surface area contributed by atoms with Gasteiger partial charge in [-0.15, -0.1) is 0 Å². The smallest absolute Gasteiger partial charge is 0.163 e. The van der Waals surface area contributed by atoms with Gasteiger partial charge in [-0.1, -0.05) is 12.1 Å². The van der Waals surface area contributed by atoms with Crippen molar-refractivity contribution < 1.29 is 9.53 Å². The zero-order valence-electron chi connectivity index (χ0n) is 13.0. The molecule has 116 valence electrons. The summed E-state index contributed by atoms with van der Waals surface area (Å²) in [7, 11) is 0. The van der Waals surface area contributed by atoms with Gasteiger partial charge in [-0.05, 0) is 51.3 Å². The molecule has 1 heterocycles. The molecule has 2 atom stereocenters. The van der Waals surface area contributed by atoms with Crippen molar-refractivity contribution in [1.29, 1.82) is 0 Å². The Morgan fingerprint density at radius 2 is 2.14 bits per heavy atom. The van der Waals surface area contributed by atoms with E-state index in [1.807, 2.05) is 24.3 Å². The van der Waals surface area contributed by atoms with Crippen molar-refractivity contribution in [2.45, 2.75) is 32.7 Å². The monoisotopic (exact) mass is 290 g/mol. The predicted octanol–water partition coefficient (Wildman–Crippen LogP) is 2.33. The van der Waals surface area contributed by atoms with E-state index in [-0.39, 0.29) is 5.78 Å². The van der Waals surface area contributed by atoms with E-state index in [2.05, 4.69) is 11.8 Å². The van der Waals surface area contributed by atoms with E-state index in [1.54, 1.807) is 6.92 Å². The lowest BCUT2D eigenvalue weighted by Gasteiger charge is -2.37. The van der Waals surface area contributed by atoms with Gasteiger partial charge in [-0.2, -0.15) is 0 Å². The molecule has 21 heavy (non-hydrogen) atoms. The van der Waals surface area contributed by atoms with Crippen molar-refractivity contribution in [2.24, 2.45) is 11.7 Å². The molecule has 0 amide bonds. The summed E-state index contributed by atoms with van der Waals surface area (Å²) in [5, 5.41) is 0. The number of ketones is 1. The number of nitrogens with two attached hydrogens (primary N) is 1. The van der Waals surface area contributed by atoms with Crippen LogP contribution < -0.4 is 10.5 Å². The lowest BCUT2D eigenvalue weighted by Crippen LogP contribution is -2.45. The van der Waals surface area contributed by atoms with Crippen molar-refractivity contribution in [3.8, 4) is 5.75 Å². The summed E-state index contributed by atoms with van der Waals surface area (Å²) in [5.74, 6) is 1.33. The molecule has 1 aromatic carbocycles. The first-order chi connectivity index (χ1) is 10.1. The summed E-state index contributed by atoms with van der Waals surface area (Å²) >= 11 is 0. The number of piperidine rings is 1. The Bertz CT molecular complexity index is 476. The molecule has 4 nitrogen and oxygen atoms in total. The Kier molecular flexibility index (Phi) is 5.76. The quantitative estimate of drug-likeness (QED) is 0.817. The molecule has 1 saturated heterocycles. The zero-order valence-corrected chi connectivity index (χ0v) is 13.0. The second-order valence-electron chi connectivity index (χ2n) is 5.92. The minimum Gasteiger partial charge on any atom is -0.491 e. The van der Waals surface area contributed by atoms with Crippen molar-refractivity contribution in [3.05, 3.63) is 29.8 Å². The maximum Gasteiger partial charge on any atom is 0.163 e. The molecule has 2 rings (SSSR count). The average Bonchev–Trinajstić information content (AvgIpc) is 2.49. The highest BCUT2D eigenvalue weighted by Gasteiger charge is 2.24. The maximum atomic E-state index is 11.6. The Morgan fingerprint density at radius 3 is 2.86 bits per heavy atom. The number of para-hydroxylation sites is 1. The van der Waals surface area contributed by atoms with Gasteiger partial charge in [0.2, 0.25) is 0 Å². The lowest BCUT2D eigenvalue weighted by molar-refractivity contribution is 0.0978. The van der Waals surface area contributed by atoms with Crippen LogP contribution >= 0.6 is 0 Å². The Labute approximate surface area is 127 Å². The molecule has 1 aliphatic heterocycles. The van der Waals surface area contributed by atoms with E-state index in [1.165, 1.54) is 12.8 Å². The summed E-state index contributed by atoms with van der Waals surface area (Å²) in [5.41, 5.74) is 6.44. The molecule has 1 aliphatic rings. The second kappa shape index (κ2) is 7.57. The first-order valence-corrected chi connectivity index (χ1v) is 7.78. The van der Waals surface area contributed by atoms with Gasteiger partial charge in [0, 0.05) is 19.1 Å². The van der Waals surface area contributed by atoms with Crippen LogP contribution in [0.3, 0.4) is 0 Å². The second-order valence-corrected chi connectivity index (χ2v) is 5.92. The Hall–Kier alpha value is -1.39. The molecule has 1 fully saturated rings. The number of benzene rings is 1. The number of carbonyl (C=O) groups is 1. The normalized spacial score (nSPS) is 23.0. The summed E-state index contributed by atoms with van der Waals surface area (Å²) in [6, 6.07) is 8.02. The number of Topliss-reactive ketones (excluding diaryl/α,β-unsaturated/α-hetero) is 1. The molecule has 2 unspecified atom stereocenters. The standard InChI is InChI=1S/C17H26N2O2/c1-13-7-8-15(11-18)12-19(13)9-10-21-17-6-4-3-5-16(17)14(2)20/h3-6,13,15H,7-12,18H2,1-2H3. The van der Waals surface area contributed by atoms with Crippen LogP contribution in [-0.4, -0.2) is 43.0 Å². The van der Waals surface area contributed by atoms with Crippen molar-refractivity contribution in [2.75, 3.05) is 26.2 Å². The minimum absolute atomic E-state index is 0.0418. The van der Waals surface area contributed by atoms with Gasteiger partial charge in [0.15, 0.2) is 5.78 Å². The van der Waals surface area contributed by atoms with Crippen molar-refractivity contribution in [3.63, 3.8) is 0 Å². The molecule has 0 saturated carbocycles. The molecular weight excluding hydrogens is 264 g/mol. The first kappa shape index (κ1) is 16.0. The number of carbonyl (C=O) groups excluding carboxylic acids is 1. The van der Waals surface area contributed by atoms with Crippen molar-refractivity contribution >= 4 is 5.78 Å². The molecule has 0 aliphatic carbocycles. The van der Waals surface area contributed by atoms with Gasteiger partial charge in [0.05, 0.1) is 5.56 Å². The summed E-state index contributed by atoms with van der Waals surface area (Å²) in [6.45, 7) is 7.12.